The monoisotopic (exact) mass is 350 g/mol. The van der Waals surface area contributed by atoms with Crippen molar-refractivity contribution in [3.63, 3.8) is 0 Å². The maximum Gasteiger partial charge on any atom is 0.350 e. The third kappa shape index (κ3) is 3.15. The van der Waals surface area contributed by atoms with Gasteiger partial charge in [-0.15, -0.1) is 0 Å². The second kappa shape index (κ2) is 6.88. The number of carbonyl (C=O) groups excluding carboxylic acids is 1. The molecule has 0 amide bonds. The number of ether oxygens (including phenoxy) is 1. The Morgan fingerprint density at radius 1 is 1.46 bits per heavy atom. The smallest absolute Gasteiger partial charge is 0.350 e. The predicted octanol–water partition coefficient (Wildman–Crippen LogP) is 3.48. The van der Waals surface area contributed by atoms with E-state index in [0.717, 1.165) is 24.5 Å². The topological polar surface area (TPSA) is 81.4 Å². The molecule has 1 unspecified atom stereocenters. The Bertz CT molecular complexity index is 725. The third-order valence-electron chi connectivity index (χ3n) is 3.99. The molecular formula is C16H22N4O3S. The summed E-state index contributed by atoms with van der Waals surface area (Å²) in [5, 5.41) is 4.96. The van der Waals surface area contributed by atoms with Crippen molar-refractivity contribution < 1.29 is 14.1 Å². The summed E-state index contributed by atoms with van der Waals surface area (Å²) < 4.78 is 10.4. The molecule has 7 nitrogen and oxygen atoms in total. The van der Waals surface area contributed by atoms with Crippen molar-refractivity contribution in [3.8, 4) is 0 Å². The highest BCUT2D eigenvalue weighted by atomic mass is 32.1. The average Bonchev–Trinajstić information content (AvgIpc) is 3.25. The number of nitrogens with zero attached hydrogens (tertiary/aromatic N) is 4. The molecule has 0 radical (unpaired) electrons. The van der Waals surface area contributed by atoms with Crippen molar-refractivity contribution in [2.75, 3.05) is 18.1 Å². The van der Waals surface area contributed by atoms with Crippen molar-refractivity contribution in [3.05, 3.63) is 22.3 Å². The summed E-state index contributed by atoms with van der Waals surface area (Å²) >= 11 is 1.37. The molecule has 0 N–H and O–H groups in total. The Kier molecular flexibility index (Phi) is 4.84. The molecule has 3 rings (SSSR count). The van der Waals surface area contributed by atoms with E-state index in [-0.39, 0.29) is 17.9 Å². The van der Waals surface area contributed by atoms with Crippen LogP contribution in [0.3, 0.4) is 0 Å². The van der Waals surface area contributed by atoms with E-state index in [1.165, 1.54) is 11.3 Å². The maximum absolute atomic E-state index is 12.0. The first kappa shape index (κ1) is 16.9. The number of hydrogen-bond donors (Lipinski definition) is 0. The number of aryl methyl sites for hydroxylation is 1. The van der Waals surface area contributed by atoms with E-state index in [9.17, 15) is 4.79 Å². The molecule has 1 saturated heterocycles. The van der Waals surface area contributed by atoms with Crippen LogP contribution in [0.4, 0.5) is 5.13 Å². The molecule has 1 atom stereocenters. The Balaban J connectivity index is 1.85. The Labute approximate surface area is 145 Å². The van der Waals surface area contributed by atoms with Gasteiger partial charge >= 0.3 is 5.97 Å². The van der Waals surface area contributed by atoms with Gasteiger partial charge in [0.2, 0.25) is 5.89 Å². The molecule has 0 aromatic carbocycles. The molecule has 3 heterocycles. The minimum absolute atomic E-state index is 0.0434. The molecule has 8 heteroatoms. The molecule has 0 bridgehead atoms. The lowest BCUT2D eigenvalue weighted by Crippen LogP contribution is -2.23. The quantitative estimate of drug-likeness (QED) is 0.764. The molecule has 1 aliphatic rings. The minimum atomic E-state index is -0.309. The van der Waals surface area contributed by atoms with Crippen molar-refractivity contribution >= 4 is 22.4 Å². The molecule has 1 fully saturated rings. The van der Waals surface area contributed by atoms with Gasteiger partial charge in [-0.2, -0.15) is 4.98 Å². The van der Waals surface area contributed by atoms with Crippen LogP contribution < -0.4 is 4.90 Å². The predicted molar refractivity (Wildman–Crippen MR) is 90.5 cm³/mol. The number of esters is 1. The van der Waals surface area contributed by atoms with Gasteiger partial charge in [0.05, 0.1) is 18.3 Å². The van der Waals surface area contributed by atoms with E-state index in [1.54, 1.807) is 6.92 Å². The zero-order chi connectivity index (χ0) is 17.3. The minimum Gasteiger partial charge on any atom is -0.462 e. The van der Waals surface area contributed by atoms with E-state index in [4.69, 9.17) is 9.26 Å². The van der Waals surface area contributed by atoms with Gasteiger partial charge in [0.15, 0.2) is 11.0 Å². The number of rotatable bonds is 5. The highest BCUT2D eigenvalue weighted by molar-refractivity contribution is 7.17. The summed E-state index contributed by atoms with van der Waals surface area (Å²) in [6.45, 7) is 8.92. The lowest BCUT2D eigenvalue weighted by atomic mass is 10.2. The fraction of sp³-hybridized carbons (Fsp3) is 0.625. The van der Waals surface area contributed by atoms with Crippen molar-refractivity contribution in [1.82, 2.24) is 15.1 Å². The van der Waals surface area contributed by atoms with Gasteiger partial charge in [-0.25, -0.2) is 9.78 Å². The van der Waals surface area contributed by atoms with Gasteiger partial charge in [0.1, 0.15) is 4.88 Å². The van der Waals surface area contributed by atoms with E-state index in [0.29, 0.717) is 28.9 Å². The van der Waals surface area contributed by atoms with Crippen LogP contribution in [0.1, 0.15) is 72.7 Å². The first-order valence-electron chi connectivity index (χ1n) is 8.26. The highest BCUT2D eigenvalue weighted by Crippen LogP contribution is 2.38. The summed E-state index contributed by atoms with van der Waals surface area (Å²) in [5.74, 6) is 1.25. The van der Waals surface area contributed by atoms with Crippen LogP contribution in [-0.2, 0) is 4.74 Å². The molecular weight excluding hydrogens is 328 g/mol. The number of hydrogen-bond acceptors (Lipinski definition) is 8. The molecule has 0 saturated carbocycles. The lowest BCUT2D eigenvalue weighted by Gasteiger charge is -2.20. The normalized spacial score (nSPS) is 17.7. The van der Waals surface area contributed by atoms with Crippen LogP contribution >= 0.6 is 11.3 Å². The van der Waals surface area contributed by atoms with Crippen LogP contribution in [0.25, 0.3) is 0 Å². The van der Waals surface area contributed by atoms with Gasteiger partial charge in [0.25, 0.3) is 0 Å². The molecule has 1 aliphatic heterocycles. The zero-order valence-electron chi connectivity index (χ0n) is 14.4. The molecule has 2 aromatic heterocycles. The first-order chi connectivity index (χ1) is 11.5. The fourth-order valence-corrected chi connectivity index (χ4v) is 3.81. The fourth-order valence-electron chi connectivity index (χ4n) is 2.77. The SMILES string of the molecule is CCOC(=O)c1sc(N2CCCC2c2noc(C(C)C)n2)nc1C. The number of anilines is 1. The summed E-state index contributed by atoms with van der Waals surface area (Å²) in [6, 6.07) is 0.0434. The van der Waals surface area contributed by atoms with E-state index in [2.05, 4.69) is 20.0 Å². The van der Waals surface area contributed by atoms with Gasteiger partial charge in [-0.1, -0.05) is 30.3 Å². The number of aromatic nitrogens is 3. The standard InChI is InChI=1S/C16H22N4O3S/c1-5-22-15(21)12-10(4)17-16(24-12)20-8-6-7-11(20)13-18-14(9(2)3)23-19-13/h9,11H,5-8H2,1-4H3. The summed E-state index contributed by atoms with van der Waals surface area (Å²) in [4.78, 5) is 23.8. The Morgan fingerprint density at radius 3 is 2.92 bits per heavy atom. The first-order valence-corrected chi connectivity index (χ1v) is 9.07. The van der Waals surface area contributed by atoms with Crippen LogP contribution in [0, 0.1) is 6.92 Å². The van der Waals surface area contributed by atoms with E-state index < -0.39 is 0 Å². The summed E-state index contributed by atoms with van der Waals surface area (Å²) in [5.41, 5.74) is 0.704. The molecule has 130 valence electrons. The zero-order valence-corrected chi connectivity index (χ0v) is 15.2. The Morgan fingerprint density at radius 2 is 2.25 bits per heavy atom. The molecule has 2 aromatic rings. The summed E-state index contributed by atoms with van der Waals surface area (Å²) in [6.07, 6.45) is 1.98. The molecule has 24 heavy (non-hydrogen) atoms. The van der Waals surface area contributed by atoms with Crippen LogP contribution in [0.5, 0.6) is 0 Å². The van der Waals surface area contributed by atoms with Crippen molar-refractivity contribution in [2.45, 2.75) is 52.5 Å². The van der Waals surface area contributed by atoms with Crippen LogP contribution in [-0.4, -0.2) is 34.2 Å². The Hall–Kier alpha value is -1.96. The van der Waals surface area contributed by atoms with Crippen LogP contribution in [0.15, 0.2) is 4.52 Å². The highest BCUT2D eigenvalue weighted by Gasteiger charge is 2.33. The third-order valence-corrected chi connectivity index (χ3v) is 5.17. The number of thiazole rings is 1. The van der Waals surface area contributed by atoms with Crippen molar-refractivity contribution in [1.29, 1.82) is 0 Å². The largest absolute Gasteiger partial charge is 0.462 e. The second-order valence-electron chi connectivity index (χ2n) is 6.13. The molecule has 0 aliphatic carbocycles. The van der Waals surface area contributed by atoms with E-state index in [1.807, 2.05) is 20.8 Å². The lowest BCUT2D eigenvalue weighted by molar-refractivity contribution is 0.0531. The van der Waals surface area contributed by atoms with Crippen LogP contribution in [0.2, 0.25) is 0 Å². The van der Waals surface area contributed by atoms with Gasteiger partial charge < -0.3 is 14.2 Å². The maximum atomic E-state index is 12.0. The summed E-state index contributed by atoms with van der Waals surface area (Å²) in [7, 11) is 0. The molecule has 0 spiro atoms. The van der Waals surface area contributed by atoms with Gasteiger partial charge in [-0.3, -0.25) is 0 Å². The second-order valence-corrected chi connectivity index (χ2v) is 7.11. The number of carbonyl (C=O) groups is 1. The van der Waals surface area contributed by atoms with E-state index >= 15 is 0 Å². The van der Waals surface area contributed by atoms with Gasteiger partial charge in [0, 0.05) is 12.5 Å². The van der Waals surface area contributed by atoms with Gasteiger partial charge in [-0.05, 0) is 26.7 Å². The average molecular weight is 350 g/mol. The van der Waals surface area contributed by atoms with Crippen molar-refractivity contribution in [2.24, 2.45) is 0 Å².